The average Bonchev–Trinajstić information content (AvgIpc) is 3.31. The molecule has 0 bridgehead atoms. The van der Waals surface area contributed by atoms with Gasteiger partial charge in [0.05, 0.1) is 23.8 Å². The molecule has 0 unspecified atom stereocenters. The van der Waals surface area contributed by atoms with Crippen LogP contribution in [0, 0.1) is 12.8 Å². The number of nitrogens with one attached hydrogen (secondary N) is 2. The molecule has 1 saturated carbocycles. The molecule has 0 radical (unpaired) electrons. The van der Waals surface area contributed by atoms with Crippen LogP contribution in [0.5, 0.6) is 5.88 Å². The molecule has 184 valence electrons. The minimum absolute atomic E-state index is 0.00285. The Morgan fingerprint density at radius 3 is 2.62 bits per heavy atom. The van der Waals surface area contributed by atoms with Crippen LogP contribution in [-0.2, 0) is 11.3 Å². The molecule has 3 heterocycles. The third-order valence-electron chi connectivity index (χ3n) is 6.24. The maximum atomic E-state index is 13.3. The molecule has 1 aliphatic carbocycles. The summed E-state index contributed by atoms with van der Waals surface area (Å²) in [4.78, 5) is 39.7. The number of aryl methyl sites for hydroxylation is 1. The molecule has 1 aliphatic heterocycles. The van der Waals surface area contributed by atoms with E-state index in [4.69, 9.17) is 0 Å². The predicted octanol–water partition coefficient (Wildman–Crippen LogP) is 1.75. The lowest BCUT2D eigenvalue weighted by Crippen LogP contribution is -2.46. The lowest BCUT2D eigenvalue weighted by molar-refractivity contribution is -0.686. The molecule has 0 aromatic carbocycles. The van der Waals surface area contributed by atoms with E-state index >= 15 is 0 Å². The van der Waals surface area contributed by atoms with Gasteiger partial charge in [0.1, 0.15) is 0 Å². The number of carbonyl (C=O) groups excluding carboxylic acids is 2. The van der Waals surface area contributed by atoms with Crippen LogP contribution in [0.1, 0.15) is 61.1 Å². The van der Waals surface area contributed by atoms with E-state index in [9.17, 15) is 28.3 Å². The Bertz CT molecular complexity index is 1210. The van der Waals surface area contributed by atoms with E-state index in [1.165, 1.54) is 21.2 Å². The van der Waals surface area contributed by atoms with Gasteiger partial charge in [0.15, 0.2) is 0 Å². The highest BCUT2D eigenvalue weighted by Crippen LogP contribution is 2.24. The third-order valence-corrected chi connectivity index (χ3v) is 6.24. The van der Waals surface area contributed by atoms with E-state index in [-0.39, 0.29) is 36.1 Å². The molecule has 1 atom stereocenters. The van der Waals surface area contributed by atoms with Gasteiger partial charge in [0, 0.05) is 18.7 Å². The van der Waals surface area contributed by atoms with E-state index in [0.717, 1.165) is 17.7 Å². The maximum Gasteiger partial charge on any atom is 0.378 e. The van der Waals surface area contributed by atoms with Gasteiger partial charge in [-0.25, -0.2) is 18.7 Å². The molecule has 0 spiro atoms. The number of carbonyl (C=O) groups is 2. The van der Waals surface area contributed by atoms with Crippen LogP contribution in [-0.4, -0.2) is 56.5 Å². The first-order valence-corrected chi connectivity index (χ1v) is 11.6. The first-order valence-electron chi connectivity index (χ1n) is 11.6. The summed E-state index contributed by atoms with van der Waals surface area (Å²) >= 11 is 0. The number of aromatic hydroxyl groups is 1. The number of nitrogens with zero attached hydrogens (tertiary/aromatic N) is 3. The highest BCUT2D eigenvalue weighted by molar-refractivity contribution is 5.96. The summed E-state index contributed by atoms with van der Waals surface area (Å²) in [5.74, 6) is -1.57. The minimum Gasteiger partial charge on any atom is -0.477 e. The van der Waals surface area contributed by atoms with E-state index < -0.39 is 35.7 Å². The molecular weight excluding hydrogens is 448 g/mol. The number of H-pyrrole nitrogens is 1. The number of halogens is 2. The van der Waals surface area contributed by atoms with Gasteiger partial charge >= 0.3 is 17.1 Å². The predicted molar refractivity (Wildman–Crippen MR) is 120 cm³/mol. The summed E-state index contributed by atoms with van der Waals surface area (Å²) in [6.45, 7) is 6.10. The molecule has 2 amide bonds. The van der Waals surface area contributed by atoms with Crippen LogP contribution in [0.25, 0.3) is 11.7 Å². The Morgan fingerprint density at radius 1 is 1.29 bits per heavy atom. The van der Waals surface area contributed by atoms with Gasteiger partial charge in [-0.2, -0.15) is 4.57 Å². The summed E-state index contributed by atoms with van der Waals surface area (Å²) in [5.41, 5.74) is 0.187. The molecular formula is C23H30F2N5O4+. The van der Waals surface area contributed by atoms with Crippen molar-refractivity contribution in [3.63, 3.8) is 0 Å². The van der Waals surface area contributed by atoms with Crippen LogP contribution >= 0.6 is 0 Å². The van der Waals surface area contributed by atoms with Gasteiger partial charge < -0.3 is 15.3 Å². The molecule has 11 heteroatoms. The second-order valence-corrected chi connectivity index (χ2v) is 9.47. The van der Waals surface area contributed by atoms with Crippen LogP contribution < -0.4 is 15.4 Å². The quantitative estimate of drug-likeness (QED) is 0.416. The summed E-state index contributed by atoms with van der Waals surface area (Å²) in [6.07, 6.45) is 2.50. The highest BCUT2D eigenvalue weighted by atomic mass is 19.3. The van der Waals surface area contributed by atoms with Gasteiger partial charge in [-0.15, -0.1) is 0 Å². The van der Waals surface area contributed by atoms with E-state index in [2.05, 4.69) is 10.4 Å². The largest absolute Gasteiger partial charge is 0.477 e. The molecule has 2 aromatic rings. The molecule has 3 N–H and O–H groups in total. The molecule has 2 aromatic heterocycles. The fourth-order valence-electron chi connectivity index (χ4n) is 4.42. The lowest BCUT2D eigenvalue weighted by Gasteiger charge is -2.22. The summed E-state index contributed by atoms with van der Waals surface area (Å²) < 4.78 is 29.2. The van der Waals surface area contributed by atoms with Crippen molar-refractivity contribution in [2.24, 2.45) is 5.92 Å². The Hall–Kier alpha value is -3.24. The van der Waals surface area contributed by atoms with Gasteiger partial charge in [0.2, 0.25) is 11.5 Å². The molecule has 2 aliphatic rings. The number of alkyl halides is 2. The smallest absolute Gasteiger partial charge is 0.378 e. The van der Waals surface area contributed by atoms with Crippen molar-refractivity contribution in [2.75, 3.05) is 6.54 Å². The number of aromatic nitrogens is 3. The number of rotatable bonds is 7. The standard InChI is InChI=1S/C23H29F2N5O4/c1-12(2)11-29-21-15(8-9-17(31)28-10-4-5-16(28)19(24)25)13(3)27-30(21)23(34)18(22(29)33)20(32)26-14-6-7-14/h8-9,12,14,16,19H,4-7,10-11H2,1-3H3,(H2,26,32,33,34)/p+1/b9-8+/t16-/m0/s1. The normalized spacial score (nSPS) is 18.7. The van der Waals surface area contributed by atoms with Crippen molar-refractivity contribution in [1.29, 1.82) is 0 Å². The van der Waals surface area contributed by atoms with Crippen LogP contribution in [0.4, 0.5) is 8.78 Å². The Labute approximate surface area is 195 Å². The zero-order valence-electron chi connectivity index (χ0n) is 19.5. The van der Waals surface area contributed by atoms with Crippen molar-refractivity contribution in [2.45, 2.75) is 71.5 Å². The topological polar surface area (TPSA) is 111 Å². The third kappa shape index (κ3) is 4.43. The zero-order valence-corrected chi connectivity index (χ0v) is 19.5. The summed E-state index contributed by atoms with van der Waals surface area (Å²) in [7, 11) is 0. The van der Waals surface area contributed by atoms with Crippen molar-refractivity contribution in [3.05, 3.63) is 33.3 Å². The van der Waals surface area contributed by atoms with Crippen molar-refractivity contribution >= 4 is 23.5 Å². The summed E-state index contributed by atoms with van der Waals surface area (Å²) in [5, 5.41) is 16.6. The number of fused-ring (bicyclic) bond motifs is 1. The maximum absolute atomic E-state index is 13.3. The Balaban J connectivity index is 1.79. The van der Waals surface area contributed by atoms with Gasteiger partial charge in [0.25, 0.3) is 12.3 Å². The Morgan fingerprint density at radius 2 is 2.00 bits per heavy atom. The first kappa shape index (κ1) is 23.9. The number of hydrogen-bond acceptors (Lipinski definition) is 4. The average molecular weight is 479 g/mol. The van der Waals surface area contributed by atoms with E-state index in [1.807, 2.05) is 13.8 Å². The van der Waals surface area contributed by atoms with Crippen LogP contribution in [0.2, 0.25) is 0 Å². The summed E-state index contributed by atoms with van der Waals surface area (Å²) in [6, 6.07) is -1.10. The second kappa shape index (κ2) is 9.19. The highest BCUT2D eigenvalue weighted by Gasteiger charge is 2.36. The SMILES string of the molecule is Cc1[nH]n2c(=O)c(C(=O)NC3CC3)c(O)[n+](CC(C)C)c2c1/C=C/C(=O)N1CCC[C@H]1C(F)F. The molecule has 9 nitrogen and oxygen atoms in total. The Kier molecular flexibility index (Phi) is 6.46. The number of aromatic amines is 1. The monoisotopic (exact) mass is 478 g/mol. The van der Waals surface area contributed by atoms with Gasteiger partial charge in [-0.05, 0) is 44.6 Å². The molecule has 34 heavy (non-hydrogen) atoms. The van der Waals surface area contributed by atoms with Crippen LogP contribution in [0.15, 0.2) is 10.9 Å². The minimum atomic E-state index is -2.61. The second-order valence-electron chi connectivity index (χ2n) is 9.47. The fourth-order valence-corrected chi connectivity index (χ4v) is 4.42. The molecule has 2 fully saturated rings. The number of likely N-dealkylation sites (tertiary alicyclic amines) is 1. The van der Waals surface area contributed by atoms with E-state index in [1.54, 1.807) is 6.92 Å². The fraction of sp³-hybridized carbons (Fsp3) is 0.565. The first-order chi connectivity index (χ1) is 16.1. The zero-order chi connectivity index (χ0) is 24.7. The van der Waals surface area contributed by atoms with Crippen molar-refractivity contribution in [1.82, 2.24) is 19.8 Å². The van der Waals surface area contributed by atoms with Crippen LogP contribution in [0.3, 0.4) is 0 Å². The van der Waals surface area contributed by atoms with Crippen molar-refractivity contribution < 1.29 is 28.0 Å². The van der Waals surface area contributed by atoms with Gasteiger partial charge in [-0.3, -0.25) is 9.59 Å². The lowest BCUT2D eigenvalue weighted by atomic mass is 10.1. The number of amides is 2. The van der Waals surface area contributed by atoms with Gasteiger partial charge in [-0.1, -0.05) is 18.4 Å². The van der Waals surface area contributed by atoms with E-state index in [0.29, 0.717) is 24.2 Å². The van der Waals surface area contributed by atoms with Crippen molar-refractivity contribution in [3.8, 4) is 5.88 Å². The molecule has 4 rings (SSSR count). The molecule has 1 saturated heterocycles. The number of hydrogen-bond donors (Lipinski definition) is 3.